The van der Waals surface area contributed by atoms with E-state index in [0.717, 1.165) is 0 Å². The highest BCUT2D eigenvalue weighted by Gasteiger charge is 2.49. The predicted molar refractivity (Wildman–Crippen MR) is 50.6 cm³/mol. The Kier molecular flexibility index (Phi) is 5.12. The highest BCUT2D eigenvalue weighted by molar-refractivity contribution is 6.06. The third-order valence-electron chi connectivity index (χ3n) is 2.15. The van der Waals surface area contributed by atoms with Crippen molar-refractivity contribution >= 4 is 30.9 Å². The quantitative estimate of drug-likeness (QED) is 0.193. The van der Waals surface area contributed by atoms with E-state index in [4.69, 9.17) is 20.4 Å². The van der Waals surface area contributed by atoms with Crippen LogP contribution in [0.1, 0.15) is 0 Å². The summed E-state index contributed by atoms with van der Waals surface area (Å²) >= 11 is 0. The fraction of sp³-hybridized carbons (Fsp3) is 0.444. The van der Waals surface area contributed by atoms with E-state index in [1.54, 1.807) is 0 Å². The molecule has 0 saturated heterocycles. The van der Waals surface area contributed by atoms with Crippen molar-refractivity contribution in [2.75, 3.05) is 0 Å². The topological polar surface area (TPSA) is 166 Å². The summed E-state index contributed by atoms with van der Waals surface area (Å²) in [7, 11) is 0. The van der Waals surface area contributed by atoms with Crippen LogP contribution >= 0.6 is 0 Å². The maximum atomic E-state index is 11.5. The van der Waals surface area contributed by atoms with E-state index < -0.39 is 41.8 Å². The van der Waals surface area contributed by atoms with Gasteiger partial charge in [-0.05, 0) is 0 Å². The molecule has 0 aliphatic heterocycles. The molecule has 9 nitrogen and oxygen atoms in total. The van der Waals surface area contributed by atoms with Crippen molar-refractivity contribution in [1.82, 2.24) is 0 Å². The monoisotopic (exact) mass is 262 g/mol. The lowest BCUT2D eigenvalue weighted by Gasteiger charge is -2.26. The van der Waals surface area contributed by atoms with Crippen LogP contribution in [0.5, 0.6) is 0 Å². The van der Waals surface area contributed by atoms with Gasteiger partial charge in [0.05, 0.1) is 0 Å². The second-order valence-corrected chi connectivity index (χ2v) is 3.43. The van der Waals surface area contributed by atoms with Crippen molar-refractivity contribution in [2.45, 2.75) is 11.6 Å². The highest BCUT2D eigenvalue weighted by atomic mass is 16.5. The molecule has 0 heterocycles. The third kappa shape index (κ3) is 3.11. The number of aliphatic hydroxyl groups is 4. The largest absolute Gasteiger partial charge is 0.359 e. The van der Waals surface area contributed by atoms with E-state index in [1.165, 1.54) is 0 Å². The Morgan fingerprint density at radius 2 is 1.06 bits per heavy atom. The normalized spacial score (nSPS) is 15.3. The number of ketones is 1. The lowest BCUT2D eigenvalue weighted by Crippen LogP contribution is -2.53. The van der Waals surface area contributed by atoms with Crippen molar-refractivity contribution in [1.29, 1.82) is 0 Å². The molecule has 0 aliphatic rings. The summed E-state index contributed by atoms with van der Waals surface area (Å²) in [5.74, 6) is -13.4. The Bertz CT molecular complexity index is 336. The Morgan fingerprint density at radius 3 is 1.22 bits per heavy atom. The van der Waals surface area contributed by atoms with Crippen LogP contribution in [0.15, 0.2) is 0 Å². The van der Waals surface area contributed by atoms with Crippen molar-refractivity contribution in [2.24, 2.45) is 11.8 Å². The summed E-state index contributed by atoms with van der Waals surface area (Å²) in [6.45, 7) is 0. The standard InChI is InChI=1S/C9H10O9/c10-1-5(8(15,16)3-12)7(14)6(2-11)9(17,18)4-13/h1-6,15-18H. The van der Waals surface area contributed by atoms with Gasteiger partial charge in [0.15, 0.2) is 18.4 Å². The minimum absolute atomic E-state index is 0.367. The van der Waals surface area contributed by atoms with Gasteiger partial charge < -0.3 is 30.0 Å². The minimum Gasteiger partial charge on any atom is -0.359 e. The highest BCUT2D eigenvalue weighted by Crippen LogP contribution is 2.20. The van der Waals surface area contributed by atoms with Crippen LogP contribution in [0.2, 0.25) is 0 Å². The Hall–Kier alpha value is -1.81. The molecule has 0 rings (SSSR count). The maximum Gasteiger partial charge on any atom is 0.237 e. The predicted octanol–water partition coefficient (Wildman–Crippen LogP) is -4.05. The summed E-state index contributed by atoms with van der Waals surface area (Å²) < 4.78 is 0. The first-order chi connectivity index (χ1) is 8.17. The molecular weight excluding hydrogens is 252 g/mol. The SMILES string of the molecule is O=CC(C(=O)C(C=O)C(O)(O)C=O)C(O)(O)C=O. The number of Topliss-reactive ketones (excluding diaryl/α,β-unsaturated/α-hetero) is 1. The molecule has 0 radical (unpaired) electrons. The van der Waals surface area contributed by atoms with Gasteiger partial charge in [-0.3, -0.25) is 14.4 Å². The molecule has 0 bridgehead atoms. The molecule has 0 saturated carbocycles. The number of carbonyl (C=O) groups is 5. The number of hydrogen-bond acceptors (Lipinski definition) is 9. The van der Waals surface area contributed by atoms with E-state index in [9.17, 15) is 24.0 Å². The van der Waals surface area contributed by atoms with E-state index in [-0.39, 0.29) is 12.6 Å². The molecule has 2 unspecified atom stereocenters. The van der Waals surface area contributed by atoms with Crippen molar-refractivity contribution in [3.05, 3.63) is 0 Å². The zero-order valence-corrected chi connectivity index (χ0v) is 8.79. The fourth-order valence-corrected chi connectivity index (χ4v) is 1.09. The molecule has 0 amide bonds. The maximum absolute atomic E-state index is 11.5. The molecule has 0 aromatic rings. The van der Waals surface area contributed by atoms with E-state index in [2.05, 4.69) is 0 Å². The van der Waals surface area contributed by atoms with Crippen LogP contribution in [0.3, 0.4) is 0 Å². The zero-order chi connectivity index (χ0) is 14.6. The Labute approximate surface area is 99.6 Å². The van der Waals surface area contributed by atoms with Crippen LogP contribution < -0.4 is 0 Å². The molecule has 100 valence electrons. The number of hydrogen-bond donors (Lipinski definition) is 4. The van der Waals surface area contributed by atoms with Crippen molar-refractivity contribution < 1.29 is 44.4 Å². The number of carbonyl (C=O) groups excluding carboxylic acids is 5. The molecule has 2 atom stereocenters. The van der Waals surface area contributed by atoms with E-state index in [0.29, 0.717) is 0 Å². The summed E-state index contributed by atoms with van der Waals surface area (Å²) in [5, 5.41) is 36.0. The lowest BCUT2D eigenvalue weighted by atomic mass is 9.84. The smallest absolute Gasteiger partial charge is 0.237 e. The average molecular weight is 262 g/mol. The van der Waals surface area contributed by atoms with E-state index >= 15 is 0 Å². The molecule has 0 fully saturated rings. The van der Waals surface area contributed by atoms with Gasteiger partial charge in [0, 0.05) is 0 Å². The molecule has 0 aliphatic carbocycles. The molecule has 0 aromatic carbocycles. The van der Waals surface area contributed by atoms with Gasteiger partial charge in [-0.2, -0.15) is 0 Å². The summed E-state index contributed by atoms with van der Waals surface area (Å²) in [4.78, 5) is 53.1. The second-order valence-electron chi connectivity index (χ2n) is 3.43. The fourth-order valence-electron chi connectivity index (χ4n) is 1.09. The molecule has 0 spiro atoms. The first-order valence-electron chi connectivity index (χ1n) is 4.44. The van der Waals surface area contributed by atoms with Crippen LogP contribution in [-0.2, 0) is 24.0 Å². The van der Waals surface area contributed by atoms with Gasteiger partial charge in [-0.25, -0.2) is 0 Å². The second kappa shape index (κ2) is 5.69. The molecular formula is C9H10O9. The first-order valence-corrected chi connectivity index (χ1v) is 4.44. The molecule has 18 heavy (non-hydrogen) atoms. The average Bonchev–Trinajstić information content (AvgIpc) is 2.30. The number of aldehydes is 4. The number of rotatable bonds is 8. The van der Waals surface area contributed by atoms with Gasteiger partial charge in [0.2, 0.25) is 11.6 Å². The van der Waals surface area contributed by atoms with Gasteiger partial charge in [-0.15, -0.1) is 0 Å². The van der Waals surface area contributed by atoms with Crippen molar-refractivity contribution in [3.8, 4) is 0 Å². The molecule has 9 heteroatoms. The van der Waals surface area contributed by atoms with Crippen molar-refractivity contribution in [3.63, 3.8) is 0 Å². The van der Waals surface area contributed by atoms with Gasteiger partial charge >= 0.3 is 0 Å². The summed E-state index contributed by atoms with van der Waals surface area (Å²) in [6, 6.07) is 0. The Morgan fingerprint density at radius 1 is 0.778 bits per heavy atom. The van der Waals surface area contributed by atoms with Crippen LogP contribution in [-0.4, -0.2) is 62.9 Å². The van der Waals surface area contributed by atoms with Crippen LogP contribution in [0.4, 0.5) is 0 Å². The molecule has 4 N–H and O–H groups in total. The summed E-state index contributed by atoms with van der Waals surface area (Å²) in [5.41, 5.74) is 0. The van der Waals surface area contributed by atoms with Gasteiger partial charge in [0.25, 0.3) is 0 Å². The van der Waals surface area contributed by atoms with Gasteiger partial charge in [0.1, 0.15) is 24.4 Å². The van der Waals surface area contributed by atoms with E-state index in [1.807, 2.05) is 0 Å². The van der Waals surface area contributed by atoms with Crippen LogP contribution in [0.25, 0.3) is 0 Å². The first kappa shape index (κ1) is 16.2. The zero-order valence-electron chi connectivity index (χ0n) is 8.79. The van der Waals surface area contributed by atoms with Crippen LogP contribution in [0, 0.1) is 11.8 Å². The molecule has 0 aromatic heterocycles. The minimum atomic E-state index is -3.42. The summed E-state index contributed by atoms with van der Waals surface area (Å²) in [6.07, 6.45) is -1.84. The van der Waals surface area contributed by atoms with Gasteiger partial charge in [-0.1, -0.05) is 0 Å². The third-order valence-corrected chi connectivity index (χ3v) is 2.15. The lowest BCUT2D eigenvalue weighted by molar-refractivity contribution is -0.205. The Balaban J connectivity index is 5.46.